The number of rotatable bonds is 5. The largest absolute Gasteiger partial charge is 0.513 e. The van der Waals surface area contributed by atoms with Crippen molar-refractivity contribution in [3.05, 3.63) is 69.2 Å². The van der Waals surface area contributed by atoms with E-state index >= 15 is 0 Å². The number of pyridine rings is 1. The topological polar surface area (TPSA) is 113 Å². The number of carbonyl (C=O) groups is 1. The second kappa shape index (κ2) is 7.95. The number of nitro benzene ring substituents is 1. The van der Waals surface area contributed by atoms with Gasteiger partial charge in [0.25, 0.3) is 5.69 Å². The SMILES string of the molecule is CCOC(=O)OC1=C(C)Nc2ccnc(OC)c2C1c1cccc([N+](=O)[O-])c1. The minimum absolute atomic E-state index is 0.0754. The van der Waals surface area contributed by atoms with Gasteiger partial charge in [0, 0.05) is 24.0 Å². The number of nitro groups is 1. The zero-order valence-corrected chi connectivity index (χ0v) is 15.6. The molecule has 1 aliphatic rings. The third kappa shape index (κ3) is 3.59. The summed E-state index contributed by atoms with van der Waals surface area (Å²) in [7, 11) is 1.48. The molecule has 0 saturated heterocycles. The van der Waals surface area contributed by atoms with E-state index in [0.29, 0.717) is 28.4 Å². The lowest BCUT2D eigenvalue weighted by molar-refractivity contribution is -0.384. The molecule has 9 heteroatoms. The van der Waals surface area contributed by atoms with Crippen molar-refractivity contribution >= 4 is 17.5 Å². The van der Waals surface area contributed by atoms with Gasteiger partial charge in [0.15, 0.2) is 0 Å². The Morgan fingerprint density at radius 2 is 2.14 bits per heavy atom. The lowest BCUT2D eigenvalue weighted by Crippen LogP contribution is -2.23. The predicted octanol–water partition coefficient (Wildman–Crippen LogP) is 3.96. The van der Waals surface area contributed by atoms with Crippen LogP contribution in [-0.4, -0.2) is 29.8 Å². The molecule has 1 aromatic heterocycles. The maximum Gasteiger partial charge on any atom is 0.513 e. The van der Waals surface area contributed by atoms with Gasteiger partial charge in [-0.2, -0.15) is 0 Å². The normalized spacial score (nSPS) is 15.3. The van der Waals surface area contributed by atoms with Crippen LogP contribution in [0.5, 0.6) is 5.88 Å². The molecule has 0 spiro atoms. The van der Waals surface area contributed by atoms with Crippen LogP contribution in [0.1, 0.15) is 30.9 Å². The summed E-state index contributed by atoms with van der Waals surface area (Å²) in [6.07, 6.45) is 0.722. The maximum absolute atomic E-state index is 12.0. The molecule has 3 rings (SSSR count). The van der Waals surface area contributed by atoms with Crippen LogP contribution in [0, 0.1) is 10.1 Å². The second-order valence-electron chi connectivity index (χ2n) is 5.97. The summed E-state index contributed by atoms with van der Waals surface area (Å²) in [5.74, 6) is -0.0686. The van der Waals surface area contributed by atoms with Gasteiger partial charge < -0.3 is 19.5 Å². The fourth-order valence-electron chi connectivity index (χ4n) is 3.12. The number of nitrogens with one attached hydrogen (secondary N) is 1. The summed E-state index contributed by atoms with van der Waals surface area (Å²) < 4.78 is 15.8. The molecule has 0 radical (unpaired) electrons. The zero-order valence-electron chi connectivity index (χ0n) is 15.6. The summed E-state index contributed by atoms with van der Waals surface area (Å²) in [5.41, 5.74) is 2.37. The highest BCUT2D eigenvalue weighted by Gasteiger charge is 2.35. The summed E-state index contributed by atoms with van der Waals surface area (Å²) in [6, 6.07) is 7.89. The molecule has 2 heterocycles. The van der Waals surface area contributed by atoms with Crippen molar-refractivity contribution in [3.8, 4) is 5.88 Å². The van der Waals surface area contributed by atoms with Gasteiger partial charge in [-0.3, -0.25) is 10.1 Å². The number of aromatic nitrogens is 1. The first-order valence-electron chi connectivity index (χ1n) is 8.55. The molecule has 2 aromatic rings. The Morgan fingerprint density at radius 3 is 2.82 bits per heavy atom. The molecule has 1 N–H and O–H groups in total. The van der Waals surface area contributed by atoms with E-state index in [1.165, 1.54) is 19.2 Å². The van der Waals surface area contributed by atoms with E-state index < -0.39 is 17.0 Å². The van der Waals surface area contributed by atoms with Crippen molar-refractivity contribution in [1.82, 2.24) is 4.98 Å². The van der Waals surface area contributed by atoms with E-state index in [1.807, 2.05) is 0 Å². The number of ether oxygens (including phenoxy) is 3. The fraction of sp³-hybridized carbons (Fsp3) is 0.263. The molecule has 9 nitrogen and oxygen atoms in total. The number of benzene rings is 1. The molecule has 146 valence electrons. The third-order valence-electron chi connectivity index (χ3n) is 4.26. The van der Waals surface area contributed by atoms with Crippen LogP contribution < -0.4 is 10.1 Å². The van der Waals surface area contributed by atoms with Crippen molar-refractivity contribution in [3.63, 3.8) is 0 Å². The molecule has 1 aliphatic heterocycles. The molecule has 1 unspecified atom stereocenters. The predicted molar refractivity (Wildman–Crippen MR) is 100 cm³/mol. The quantitative estimate of drug-likeness (QED) is 0.467. The molecule has 1 aromatic carbocycles. The van der Waals surface area contributed by atoms with E-state index in [4.69, 9.17) is 14.2 Å². The van der Waals surface area contributed by atoms with E-state index in [-0.39, 0.29) is 18.1 Å². The first-order valence-corrected chi connectivity index (χ1v) is 8.55. The molecule has 0 bridgehead atoms. The van der Waals surface area contributed by atoms with Crippen LogP contribution in [0.2, 0.25) is 0 Å². The van der Waals surface area contributed by atoms with Gasteiger partial charge in [0.1, 0.15) is 5.76 Å². The number of nitrogens with zero attached hydrogens (tertiary/aromatic N) is 2. The van der Waals surface area contributed by atoms with Crippen LogP contribution in [-0.2, 0) is 9.47 Å². The van der Waals surface area contributed by atoms with Gasteiger partial charge in [-0.05, 0) is 25.5 Å². The molecule has 0 aliphatic carbocycles. The van der Waals surface area contributed by atoms with Gasteiger partial charge in [-0.25, -0.2) is 9.78 Å². The van der Waals surface area contributed by atoms with Crippen molar-refractivity contribution in [2.45, 2.75) is 19.8 Å². The maximum atomic E-state index is 12.0. The van der Waals surface area contributed by atoms with Gasteiger partial charge in [0.05, 0.1) is 35.8 Å². The third-order valence-corrected chi connectivity index (χ3v) is 4.26. The average molecular weight is 385 g/mol. The summed E-state index contributed by atoms with van der Waals surface area (Å²) >= 11 is 0. The van der Waals surface area contributed by atoms with E-state index in [2.05, 4.69) is 10.3 Å². The number of fused-ring (bicyclic) bond motifs is 1. The fourth-order valence-corrected chi connectivity index (χ4v) is 3.12. The minimum Gasteiger partial charge on any atom is -0.481 e. The minimum atomic E-state index is -0.861. The number of allylic oxidation sites excluding steroid dienone is 2. The second-order valence-corrected chi connectivity index (χ2v) is 5.97. The highest BCUT2D eigenvalue weighted by Crippen LogP contribution is 2.46. The van der Waals surface area contributed by atoms with E-state index in [0.717, 1.165) is 0 Å². The molecular weight excluding hydrogens is 366 g/mol. The van der Waals surface area contributed by atoms with Crippen molar-refractivity contribution < 1.29 is 23.9 Å². The van der Waals surface area contributed by atoms with Gasteiger partial charge in [-0.15, -0.1) is 0 Å². The Morgan fingerprint density at radius 1 is 1.36 bits per heavy atom. The van der Waals surface area contributed by atoms with Gasteiger partial charge >= 0.3 is 6.16 Å². The number of non-ortho nitro benzene ring substituents is 1. The lowest BCUT2D eigenvalue weighted by Gasteiger charge is -2.30. The van der Waals surface area contributed by atoms with Crippen LogP contribution in [0.3, 0.4) is 0 Å². The Hall–Kier alpha value is -3.62. The van der Waals surface area contributed by atoms with Crippen molar-refractivity contribution in [2.24, 2.45) is 0 Å². The van der Waals surface area contributed by atoms with Gasteiger partial charge in [0.2, 0.25) is 5.88 Å². The van der Waals surface area contributed by atoms with Crippen LogP contribution in [0.4, 0.5) is 16.2 Å². The van der Waals surface area contributed by atoms with E-state index in [9.17, 15) is 14.9 Å². The van der Waals surface area contributed by atoms with Crippen molar-refractivity contribution in [2.75, 3.05) is 19.0 Å². The molecule has 28 heavy (non-hydrogen) atoms. The number of anilines is 1. The zero-order chi connectivity index (χ0) is 20.3. The Balaban J connectivity index is 2.19. The molecule has 1 atom stereocenters. The lowest BCUT2D eigenvalue weighted by atomic mass is 9.85. The van der Waals surface area contributed by atoms with E-state index in [1.54, 1.807) is 38.2 Å². The highest BCUT2D eigenvalue weighted by atomic mass is 16.7. The number of hydrogen-bond acceptors (Lipinski definition) is 8. The van der Waals surface area contributed by atoms with Gasteiger partial charge in [-0.1, -0.05) is 12.1 Å². The Bertz CT molecular complexity index is 956. The molecule has 0 fully saturated rings. The average Bonchev–Trinajstić information content (AvgIpc) is 2.68. The first kappa shape index (κ1) is 19.2. The van der Waals surface area contributed by atoms with Crippen molar-refractivity contribution in [1.29, 1.82) is 0 Å². The number of hydrogen-bond donors (Lipinski definition) is 1. The molecule has 0 amide bonds. The first-order chi connectivity index (χ1) is 13.5. The number of methoxy groups -OCH3 is 1. The summed E-state index contributed by atoms with van der Waals surface area (Å²) in [5, 5.41) is 14.4. The van der Waals surface area contributed by atoms with Crippen LogP contribution in [0.15, 0.2) is 48.0 Å². The molecular formula is C19H19N3O6. The van der Waals surface area contributed by atoms with Crippen LogP contribution >= 0.6 is 0 Å². The monoisotopic (exact) mass is 385 g/mol. The standard InChI is InChI=1S/C19H19N3O6/c1-4-27-19(23)28-17-11(2)21-14-8-9-20-18(26-3)16(14)15(17)12-6-5-7-13(10-12)22(24)25/h5-10,15,21H,4H2,1-3H3. The Labute approximate surface area is 161 Å². The molecule has 0 saturated carbocycles. The highest BCUT2D eigenvalue weighted by molar-refractivity contribution is 5.70. The van der Waals surface area contributed by atoms with Crippen LogP contribution in [0.25, 0.3) is 0 Å². The summed E-state index contributed by atoms with van der Waals surface area (Å²) in [4.78, 5) is 27.0. The number of carbonyl (C=O) groups excluding carboxylic acids is 1. The Kier molecular flexibility index (Phi) is 5.44. The smallest absolute Gasteiger partial charge is 0.481 e. The summed E-state index contributed by atoms with van der Waals surface area (Å²) in [6.45, 7) is 3.57.